The van der Waals surface area contributed by atoms with Gasteiger partial charge in [0.2, 0.25) is 0 Å². The second kappa shape index (κ2) is 6.96. The average molecular weight is 441 g/mol. The molecule has 0 saturated heterocycles. The van der Waals surface area contributed by atoms with Crippen LogP contribution in [0.4, 0.5) is 0 Å². The standard InChI is InChI=1S/C30H48O2/c1-19(2)20-10-15-30(18-31)17-16-28(6)21(25(20)30)8-9-23-27(5)13-12-24(32)26(3,4)22(27)11-14-29(23,28)7/h18,20-25,32H,1,8-17H2,2-7H3/t20-,21+,22+,23+,24-,25-,27-,28+,29+,30+/m0/s1. The van der Waals surface area contributed by atoms with Crippen molar-refractivity contribution in [3.63, 3.8) is 0 Å². The number of carbonyl (C=O) groups is 1. The highest BCUT2D eigenvalue weighted by atomic mass is 16.3. The van der Waals surface area contributed by atoms with Gasteiger partial charge < -0.3 is 9.90 Å². The van der Waals surface area contributed by atoms with Gasteiger partial charge in [0, 0.05) is 5.41 Å². The molecular weight excluding hydrogens is 392 g/mol. The molecule has 5 aliphatic carbocycles. The Morgan fingerprint density at radius 1 is 0.844 bits per heavy atom. The Morgan fingerprint density at radius 3 is 2.22 bits per heavy atom. The fraction of sp³-hybridized carbons (Fsp3) is 0.900. The summed E-state index contributed by atoms with van der Waals surface area (Å²) in [5.74, 6) is 3.03. The number of rotatable bonds is 2. The molecule has 10 atom stereocenters. The Labute approximate surface area is 197 Å². The number of aliphatic hydroxyl groups excluding tert-OH is 1. The molecule has 0 aliphatic heterocycles. The molecule has 5 saturated carbocycles. The number of hydrogen-bond acceptors (Lipinski definition) is 2. The number of fused-ring (bicyclic) bond motifs is 7. The van der Waals surface area contributed by atoms with E-state index in [0.29, 0.717) is 39.9 Å². The van der Waals surface area contributed by atoms with E-state index >= 15 is 0 Å². The van der Waals surface area contributed by atoms with Crippen molar-refractivity contribution in [1.82, 2.24) is 0 Å². The molecule has 0 spiro atoms. The summed E-state index contributed by atoms with van der Waals surface area (Å²) in [5.41, 5.74) is 2.20. The van der Waals surface area contributed by atoms with E-state index in [1.54, 1.807) is 0 Å². The molecule has 0 amide bonds. The van der Waals surface area contributed by atoms with Crippen molar-refractivity contribution in [2.75, 3.05) is 0 Å². The first-order valence-electron chi connectivity index (χ1n) is 13.7. The normalized spacial score (nSPS) is 56.3. The van der Waals surface area contributed by atoms with E-state index in [4.69, 9.17) is 0 Å². The Kier molecular flexibility index (Phi) is 5.03. The average Bonchev–Trinajstić information content (AvgIpc) is 3.12. The lowest BCUT2D eigenvalue weighted by atomic mass is 9.32. The van der Waals surface area contributed by atoms with Gasteiger partial charge in [-0.15, -0.1) is 0 Å². The van der Waals surface area contributed by atoms with Gasteiger partial charge in [0.05, 0.1) is 6.10 Å². The summed E-state index contributed by atoms with van der Waals surface area (Å²) < 4.78 is 0. The third-order valence-corrected chi connectivity index (χ3v) is 13.3. The van der Waals surface area contributed by atoms with Crippen molar-refractivity contribution in [2.24, 2.45) is 56.7 Å². The summed E-state index contributed by atoms with van der Waals surface area (Å²) in [7, 11) is 0. The maximum atomic E-state index is 12.6. The molecule has 0 unspecified atom stereocenters. The predicted octanol–water partition coefficient (Wildman–Crippen LogP) is 7.20. The molecule has 0 heterocycles. The molecule has 0 aromatic carbocycles. The Bertz CT molecular complexity index is 814. The van der Waals surface area contributed by atoms with Crippen molar-refractivity contribution in [2.45, 2.75) is 112 Å². The molecular formula is C30H48O2. The molecule has 180 valence electrons. The molecule has 5 fully saturated rings. The SMILES string of the molecule is C=C(C)[C@@H]1CC[C@]2(C=O)CC[C@]3(C)[C@H](CC[C@@H]4[C@@]5(C)CC[C@H](O)C(C)(C)[C@H]5CC[C@]43C)[C@H]12. The quantitative estimate of drug-likeness (QED) is 0.364. The first-order valence-corrected chi connectivity index (χ1v) is 13.7. The van der Waals surface area contributed by atoms with Crippen molar-refractivity contribution in [3.8, 4) is 0 Å². The van der Waals surface area contributed by atoms with E-state index in [9.17, 15) is 9.90 Å². The van der Waals surface area contributed by atoms with Gasteiger partial charge in [-0.2, -0.15) is 0 Å². The van der Waals surface area contributed by atoms with E-state index in [2.05, 4.69) is 48.1 Å². The summed E-state index contributed by atoms with van der Waals surface area (Å²) in [5, 5.41) is 10.9. The summed E-state index contributed by atoms with van der Waals surface area (Å²) in [6.07, 6.45) is 13.1. The van der Waals surface area contributed by atoms with Gasteiger partial charge in [0.1, 0.15) is 6.29 Å². The summed E-state index contributed by atoms with van der Waals surface area (Å²) in [6, 6.07) is 0. The zero-order valence-corrected chi connectivity index (χ0v) is 21.7. The Morgan fingerprint density at radius 2 is 1.56 bits per heavy atom. The highest BCUT2D eigenvalue weighted by Gasteiger charge is 2.70. The van der Waals surface area contributed by atoms with Crippen LogP contribution in [0, 0.1) is 56.7 Å². The van der Waals surface area contributed by atoms with Gasteiger partial charge in [-0.1, -0.05) is 46.8 Å². The highest BCUT2D eigenvalue weighted by molar-refractivity contribution is 5.62. The van der Waals surface area contributed by atoms with E-state index in [1.165, 1.54) is 50.4 Å². The molecule has 2 nitrogen and oxygen atoms in total. The van der Waals surface area contributed by atoms with E-state index in [-0.39, 0.29) is 16.9 Å². The van der Waals surface area contributed by atoms with Crippen molar-refractivity contribution >= 4 is 6.29 Å². The van der Waals surface area contributed by atoms with Crippen LogP contribution in [0.2, 0.25) is 0 Å². The summed E-state index contributed by atoms with van der Waals surface area (Å²) >= 11 is 0. The van der Waals surface area contributed by atoms with Crippen molar-refractivity contribution in [3.05, 3.63) is 12.2 Å². The largest absolute Gasteiger partial charge is 0.393 e. The molecule has 1 N–H and O–H groups in total. The number of aliphatic hydroxyl groups is 1. The molecule has 0 bridgehead atoms. The van der Waals surface area contributed by atoms with Crippen LogP contribution in [0.5, 0.6) is 0 Å². The van der Waals surface area contributed by atoms with Gasteiger partial charge >= 0.3 is 0 Å². The second-order valence-corrected chi connectivity index (χ2v) is 14.4. The van der Waals surface area contributed by atoms with Gasteiger partial charge in [-0.3, -0.25) is 0 Å². The van der Waals surface area contributed by atoms with Crippen LogP contribution in [0.3, 0.4) is 0 Å². The van der Waals surface area contributed by atoms with Gasteiger partial charge in [-0.25, -0.2) is 0 Å². The lowest BCUT2D eigenvalue weighted by Gasteiger charge is -2.72. The molecule has 0 radical (unpaired) electrons. The van der Waals surface area contributed by atoms with Crippen LogP contribution in [-0.4, -0.2) is 17.5 Å². The maximum absolute atomic E-state index is 12.6. The minimum atomic E-state index is -0.158. The predicted molar refractivity (Wildman–Crippen MR) is 131 cm³/mol. The van der Waals surface area contributed by atoms with Gasteiger partial charge in [-0.05, 0) is 122 Å². The molecule has 0 aromatic rings. The smallest absolute Gasteiger partial charge is 0.126 e. The lowest BCUT2D eigenvalue weighted by molar-refractivity contribution is -0.245. The van der Waals surface area contributed by atoms with Gasteiger partial charge in [0.25, 0.3) is 0 Å². The third kappa shape index (κ3) is 2.60. The second-order valence-electron chi connectivity index (χ2n) is 14.4. The van der Waals surface area contributed by atoms with Crippen molar-refractivity contribution in [1.29, 1.82) is 0 Å². The summed E-state index contributed by atoms with van der Waals surface area (Å²) in [4.78, 5) is 12.6. The fourth-order valence-electron chi connectivity index (χ4n) is 11.4. The van der Waals surface area contributed by atoms with Crippen molar-refractivity contribution < 1.29 is 9.90 Å². The van der Waals surface area contributed by atoms with E-state index < -0.39 is 0 Å². The number of aldehydes is 1. The highest BCUT2D eigenvalue weighted by Crippen LogP contribution is 2.77. The van der Waals surface area contributed by atoms with Crippen LogP contribution in [0.1, 0.15) is 106 Å². The summed E-state index contributed by atoms with van der Waals surface area (Å²) in [6.45, 7) is 19.2. The lowest BCUT2D eigenvalue weighted by Crippen LogP contribution is -2.66. The van der Waals surface area contributed by atoms with Crippen LogP contribution < -0.4 is 0 Å². The molecule has 5 aliphatic rings. The van der Waals surface area contributed by atoms with Crippen LogP contribution in [0.25, 0.3) is 0 Å². The minimum absolute atomic E-state index is 0.0157. The van der Waals surface area contributed by atoms with Crippen LogP contribution in [-0.2, 0) is 4.79 Å². The first-order chi connectivity index (χ1) is 14.9. The Balaban J connectivity index is 1.56. The zero-order valence-electron chi connectivity index (χ0n) is 21.7. The first kappa shape index (κ1) is 23.1. The Hall–Kier alpha value is -0.630. The maximum Gasteiger partial charge on any atom is 0.126 e. The minimum Gasteiger partial charge on any atom is -0.393 e. The number of hydrogen-bond donors (Lipinski definition) is 1. The topological polar surface area (TPSA) is 37.3 Å². The fourth-order valence-corrected chi connectivity index (χ4v) is 11.4. The monoisotopic (exact) mass is 440 g/mol. The number of allylic oxidation sites excluding steroid dienone is 1. The number of carbonyl (C=O) groups excluding carboxylic acids is 1. The van der Waals surface area contributed by atoms with Crippen LogP contribution >= 0.6 is 0 Å². The zero-order chi connectivity index (χ0) is 23.3. The molecule has 5 rings (SSSR count). The molecule has 0 aromatic heterocycles. The van der Waals surface area contributed by atoms with Gasteiger partial charge in [0.15, 0.2) is 0 Å². The molecule has 32 heavy (non-hydrogen) atoms. The molecule has 2 heteroatoms. The van der Waals surface area contributed by atoms with E-state index in [1.807, 2.05) is 0 Å². The third-order valence-electron chi connectivity index (χ3n) is 13.3. The van der Waals surface area contributed by atoms with Crippen LogP contribution in [0.15, 0.2) is 12.2 Å². The van der Waals surface area contributed by atoms with E-state index in [0.717, 1.165) is 31.6 Å².